The number of benzene rings is 1. The van der Waals surface area contributed by atoms with Crippen molar-refractivity contribution >= 4 is 0 Å². The smallest absolute Gasteiger partial charge is 0.161 e. The van der Waals surface area contributed by atoms with E-state index in [1.54, 1.807) is 14.2 Å². The van der Waals surface area contributed by atoms with E-state index in [9.17, 15) is 0 Å². The highest BCUT2D eigenvalue weighted by atomic mass is 16.5. The van der Waals surface area contributed by atoms with E-state index in [4.69, 9.17) is 9.47 Å². The monoisotopic (exact) mass is 315 g/mol. The van der Waals surface area contributed by atoms with Crippen LogP contribution in [0.5, 0.6) is 11.5 Å². The Morgan fingerprint density at radius 3 is 2.04 bits per heavy atom. The lowest BCUT2D eigenvalue weighted by atomic mass is 9.52. The van der Waals surface area contributed by atoms with E-state index in [1.165, 1.54) is 44.1 Å². The zero-order chi connectivity index (χ0) is 16.0. The molecule has 0 amide bonds. The number of nitrogens with zero attached hydrogens (tertiary/aromatic N) is 1. The molecule has 4 aliphatic carbocycles. The van der Waals surface area contributed by atoms with Gasteiger partial charge in [-0.15, -0.1) is 0 Å². The molecule has 0 radical (unpaired) electrons. The highest BCUT2D eigenvalue weighted by Crippen LogP contribution is 2.57. The van der Waals surface area contributed by atoms with Crippen LogP contribution in [0.15, 0.2) is 18.2 Å². The molecular formula is C20H29NO2. The number of methoxy groups -OCH3 is 2. The van der Waals surface area contributed by atoms with Crippen molar-refractivity contribution in [1.29, 1.82) is 0 Å². The van der Waals surface area contributed by atoms with Gasteiger partial charge < -0.3 is 9.47 Å². The molecule has 3 heteroatoms. The molecule has 23 heavy (non-hydrogen) atoms. The van der Waals surface area contributed by atoms with Crippen molar-refractivity contribution in [3.05, 3.63) is 23.8 Å². The molecule has 0 aromatic heterocycles. The minimum Gasteiger partial charge on any atom is -0.493 e. The van der Waals surface area contributed by atoms with Crippen molar-refractivity contribution in [3.8, 4) is 11.5 Å². The van der Waals surface area contributed by atoms with Gasteiger partial charge in [0.15, 0.2) is 11.5 Å². The number of hydrogen-bond donors (Lipinski definition) is 0. The van der Waals surface area contributed by atoms with Crippen LogP contribution in [0.2, 0.25) is 0 Å². The highest BCUT2D eigenvalue weighted by Gasteiger charge is 2.52. The third kappa shape index (κ3) is 2.63. The van der Waals surface area contributed by atoms with Crippen molar-refractivity contribution in [2.45, 2.75) is 50.6 Å². The molecule has 0 saturated heterocycles. The lowest BCUT2D eigenvalue weighted by Crippen LogP contribution is -2.58. The SMILES string of the molecule is COc1ccc(CN(C)C23CC4CC(CC(C4)C2)C3)cc1OC. The molecular weight excluding hydrogens is 286 g/mol. The van der Waals surface area contributed by atoms with E-state index in [0.717, 1.165) is 35.8 Å². The maximum atomic E-state index is 5.46. The van der Waals surface area contributed by atoms with Crippen LogP contribution in [0, 0.1) is 17.8 Å². The summed E-state index contributed by atoms with van der Waals surface area (Å²) < 4.78 is 10.8. The van der Waals surface area contributed by atoms with Crippen LogP contribution in [0.4, 0.5) is 0 Å². The van der Waals surface area contributed by atoms with Gasteiger partial charge in [0.05, 0.1) is 14.2 Å². The molecule has 4 aliphatic rings. The topological polar surface area (TPSA) is 21.7 Å². The summed E-state index contributed by atoms with van der Waals surface area (Å²) in [7, 11) is 5.74. The van der Waals surface area contributed by atoms with Crippen LogP contribution in [-0.4, -0.2) is 31.7 Å². The van der Waals surface area contributed by atoms with Gasteiger partial charge >= 0.3 is 0 Å². The minimum atomic E-state index is 0.460. The molecule has 0 atom stereocenters. The summed E-state index contributed by atoms with van der Waals surface area (Å²) in [5, 5.41) is 0. The Hall–Kier alpha value is -1.22. The van der Waals surface area contributed by atoms with E-state index < -0.39 is 0 Å². The minimum absolute atomic E-state index is 0.460. The van der Waals surface area contributed by atoms with E-state index in [-0.39, 0.29) is 0 Å². The molecule has 0 heterocycles. The van der Waals surface area contributed by atoms with Crippen LogP contribution in [0.25, 0.3) is 0 Å². The Balaban J connectivity index is 1.53. The summed E-state index contributed by atoms with van der Waals surface area (Å²) in [6.07, 6.45) is 8.77. The largest absolute Gasteiger partial charge is 0.493 e. The fourth-order valence-electron chi connectivity index (χ4n) is 5.95. The summed E-state index contributed by atoms with van der Waals surface area (Å²) in [5.41, 5.74) is 1.78. The Bertz CT molecular complexity index is 548. The molecule has 1 aromatic rings. The van der Waals surface area contributed by atoms with E-state index in [2.05, 4.69) is 24.1 Å². The van der Waals surface area contributed by atoms with Crippen molar-refractivity contribution in [2.75, 3.05) is 21.3 Å². The lowest BCUT2D eigenvalue weighted by Gasteiger charge is -2.60. The molecule has 3 nitrogen and oxygen atoms in total. The molecule has 0 N–H and O–H groups in total. The summed E-state index contributed by atoms with van der Waals surface area (Å²) in [4.78, 5) is 2.65. The number of rotatable bonds is 5. The first-order valence-corrected chi connectivity index (χ1v) is 9.04. The Labute approximate surface area is 140 Å². The van der Waals surface area contributed by atoms with Crippen LogP contribution >= 0.6 is 0 Å². The predicted octanol–water partition coefficient (Wildman–Crippen LogP) is 4.10. The Morgan fingerprint density at radius 2 is 1.52 bits per heavy atom. The van der Waals surface area contributed by atoms with Crippen LogP contribution in [0.1, 0.15) is 44.1 Å². The first-order valence-electron chi connectivity index (χ1n) is 9.04. The molecule has 0 aliphatic heterocycles. The number of hydrogen-bond acceptors (Lipinski definition) is 3. The third-order valence-corrected chi connectivity index (χ3v) is 6.68. The summed E-state index contributed by atoms with van der Waals surface area (Å²) in [6, 6.07) is 6.34. The molecule has 4 saturated carbocycles. The van der Waals surface area contributed by atoms with E-state index in [1.807, 2.05) is 6.07 Å². The maximum Gasteiger partial charge on any atom is 0.161 e. The van der Waals surface area contributed by atoms with Gasteiger partial charge in [-0.05, 0) is 81.0 Å². The average Bonchev–Trinajstić information content (AvgIpc) is 2.53. The zero-order valence-electron chi connectivity index (χ0n) is 14.7. The van der Waals surface area contributed by atoms with Crippen molar-refractivity contribution in [1.82, 2.24) is 4.90 Å². The standard InChI is InChI=1S/C20H29NO2/c1-21(13-14-4-5-18(22-2)19(9-14)23-3)20-10-15-6-16(11-20)8-17(7-15)12-20/h4-5,9,15-17H,6-8,10-13H2,1-3H3. The summed E-state index contributed by atoms with van der Waals surface area (Å²) >= 11 is 0. The zero-order valence-corrected chi connectivity index (χ0v) is 14.7. The van der Waals surface area contributed by atoms with E-state index in [0.29, 0.717) is 5.54 Å². The van der Waals surface area contributed by atoms with Crippen molar-refractivity contribution in [2.24, 2.45) is 17.8 Å². The second-order valence-corrected chi connectivity index (χ2v) is 8.19. The van der Waals surface area contributed by atoms with Crippen LogP contribution < -0.4 is 9.47 Å². The van der Waals surface area contributed by atoms with Gasteiger partial charge in [0.25, 0.3) is 0 Å². The normalized spacial score (nSPS) is 34.9. The molecule has 5 rings (SSSR count). The van der Waals surface area contributed by atoms with Gasteiger partial charge in [0.2, 0.25) is 0 Å². The van der Waals surface area contributed by atoms with Gasteiger partial charge in [0, 0.05) is 12.1 Å². The van der Waals surface area contributed by atoms with Gasteiger partial charge in [-0.25, -0.2) is 0 Å². The average molecular weight is 315 g/mol. The summed E-state index contributed by atoms with van der Waals surface area (Å²) in [5.74, 6) is 4.63. The fraction of sp³-hybridized carbons (Fsp3) is 0.700. The summed E-state index contributed by atoms with van der Waals surface area (Å²) in [6.45, 7) is 1.01. The second-order valence-electron chi connectivity index (χ2n) is 8.19. The van der Waals surface area contributed by atoms with Gasteiger partial charge in [-0.3, -0.25) is 4.90 Å². The fourth-order valence-corrected chi connectivity index (χ4v) is 5.95. The third-order valence-electron chi connectivity index (χ3n) is 6.68. The molecule has 4 fully saturated rings. The van der Waals surface area contributed by atoms with Gasteiger partial charge in [-0.1, -0.05) is 6.07 Å². The van der Waals surface area contributed by atoms with Crippen LogP contribution in [-0.2, 0) is 6.54 Å². The molecule has 126 valence electrons. The van der Waals surface area contributed by atoms with Crippen molar-refractivity contribution in [3.63, 3.8) is 0 Å². The molecule has 1 aromatic carbocycles. The number of ether oxygens (including phenoxy) is 2. The second kappa shape index (κ2) is 5.70. The molecule has 0 unspecified atom stereocenters. The first-order chi connectivity index (χ1) is 11.1. The Morgan fingerprint density at radius 1 is 0.957 bits per heavy atom. The van der Waals surface area contributed by atoms with E-state index >= 15 is 0 Å². The molecule has 4 bridgehead atoms. The predicted molar refractivity (Wildman–Crippen MR) is 91.9 cm³/mol. The quantitative estimate of drug-likeness (QED) is 0.816. The van der Waals surface area contributed by atoms with Gasteiger partial charge in [0.1, 0.15) is 0 Å². The molecule has 0 spiro atoms. The first kappa shape index (κ1) is 15.3. The van der Waals surface area contributed by atoms with Crippen LogP contribution in [0.3, 0.4) is 0 Å². The Kier molecular flexibility index (Phi) is 3.79. The van der Waals surface area contributed by atoms with Gasteiger partial charge in [-0.2, -0.15) is 0 Å². The maximum absolute atomic E-state index is 5.46. The lowest BCUT2D eigenvalue weighted by molar-refractivity contribution is -0.0822. The van der Waals surface area contributed by atoms with Crippen molar-refractivity contribution < 1.29 is 9.47 Å². The highest BCUT2D eigenvalue weighted by molar-refractivity contribution is 5.42.